The molecule has 0 unspecified atom stereocenters. The summed E-state index contributed by atoms with van der Waals surface area (Å²) in [5, 5.41) is 3.17. The standard InChI is InChI=1S/C14H21N3O.C2H6/c1-3-18-11-10-17-13-7-5-4-6-12(13)16-14(17)8-9-15-2;1-2/h4-7,15H,3,8-11H2,1-2H3;1-2H3. The molecule has 4 nitrogen and oxygen atoms in total. The Labute approximate surface area is 122 Å². The highest BCUT2D eigenvalue weighted by molar-refractivity contribution is 5.75. The molecule has 4 heteroatoms. The number of hydrogen-bond acceptors (Lipinski definition) is 3. The van der Waals surface area contributed by atoms with Gasteiger partial charge in [-0.05, 0) is 26.1 Å². The first-order chi connectivity index (χ1) is 9.86. The predicted molar refractivity (Wildman–Crippen MR) is 85.2 cm³/mol. The number of aromatic nitrogens is 2. The molecular formula is C16H27N3O. The molecule has 0 atom stereocenters. The molecular weight excluding hydrogens is 250 g/mol. The lowest BCUT2D eigenvalue weighted by atomic mass is 10.3. The number of para-hydroxylation sites is 2. The number of fused-ring (bicyclic) bond motifs is 1. The first-order valence-corrected chi connectivity index (χ1v) is 7.53. The van der Waals surface area contributed by atoms with E-state index in [4.69, 9.17) is 9.72 Å². The highest BCUT2D eigenvalue weighted by Gasteiger charge is 2.09. The number of nitrogens with zero attached hydrogens (tertiary/aromatic N) is 2. The van der Waals surface area contributed by atoms with E-state index < -0.39 is 0 Å². The van der Waals surface area contributed by atoms with Crippen LogP contribution < -0.4 is 5.32 Å². The van der Waals surface area contributed by atoms with Crippen molar-refractivity contribution in [1.82, 2.24) is 14.9 Å². The summed E-state index contributed by atoms with van der Waals surface area (Å²) < 4.78 is 7.72. The molecule has 1 aromatic heterocycles. The number of likely N-dealkylation sites (N-methyl/N-ethyl adjacent to an activating group) is 1. The van der Waals surface area contributed by atoms with E-state index in [1.165, 1.54) is 5.52 Å². The number of hydrogen-bond donors (Lipinski definition) is 1. The van der Waals surface area contributed by atoms with E-state index in [1.807, 2.05) is 33.9 Å². The van der Waals surface area contributed by atoms with Crippen LogP contribution in [0.3, 0.4) is 0 Å². The second kappa shape index (κ2) is 9.50. The SMILES string of the molecule is CC.CCOCCn1c(CCNC)nc2ccccc21. The Morgan fingerprint density at radius 3 is 2.70 bits per heavy atom. The van der Waals surface area contributed by atoms with E-state index in [1.54, 1.807) is 0 Å². The van der Waals surface area contributed by atoms with E-state index in [-0.39, 0.29) is 0 Å². The zero-order valence-corrected chi connectivity index (χ0v) is 13.1. The van der Waals surface area contributed by atoms with Crippen molar-refractivity contribution < 1.29 is 4.74 Å². The fraction of sp³-hybridized carbons (Fsp3) is 0.562. The van der Waals surface area contributed by atoms with Gasteiger partial charge in [0.15, 0.2) is 0 Å². The minimum Gasteiger partial charge on any atom is -0.380 e. The lowest BCUT2D eigenvalue weighted by Crippen LogP contribution is -2.15. The minimum absolute atomic E-state index is 0.739. The zero-order valence-electron chi connectivity index (χ0n) is 13.1. The van der Waals surface area contributed by atoms with E-state index in [2.05, 4.69) is 28.1 Å². The third-order valence-electron chi connectivity index (χ3n) is 3.00. The van der Waals surface area contributed by atoms with Crippen molar-refractivity contribution >= 4 is 11.0 Å². The maximum Gasteiger partial charge on any atom is 0.111 e. The molecule has 1 heterocycles. The normalized spacial score (nSPS) is 10.4. The summed E-state index contributed by atoms with van der Waals surface area (Å²) in [6.45, 7) is 9.33. The quantitative estimate of drug-likeness (QED) is 0.791. The van der Waals surface area contributed by atoms with Gasteiger partial charge in [0.05, 0.1) is 17.6 Å². The Bertz CT molecular complexity index is 493. The van der Waals surface area contributed by atoms with E-state index in [0.717, 1.165) is 44.1 Å². The van der Waals surface area contributed by atoms with Gasteiger partial charge in [-0.2, -0.15) is 0 Å². The molecule has 0 saturated carbocycles. The molecule has 0 amide bonds. The highest BCUT2D eigenvalue weighted by atomic mass is 16.5. The van der Waals surface area contributed by atoms with E-state index in [9.17, 15) is 0 Å². The van der Waals surface area contributed by atoms with E-state index >= 15 is 0 Å². The van der Waals surface area contributed by atoms with Crippen molar-refractivity contribution in [3.8, 4) is 0 Å². The molecule has 112 valence electrons. The first kappa shape index (κ1) is 16.7. The highest BCUT2D eigenvalue weighted by Crippen LogP contribution is 2.16. The topological polar surface area (TPSA) is 39.1 Å². The van der Waals surface area contributed by atoms with Gasteiger partial charge in [-0.25, -0.2) is 4.98 Å². The van der Waals surface area contributed by atoms with Gasteiger partial charge in [-0.3, -0.25) is 0 Å². The van der Waals surface area contributed by atoms with Crippen LogP contribution >= 0.6 is 0 Å². The molecule has 1 N–H and O–H groups in total. The minimum atomic E-state index is 0.739. The van der Waals surface area contributed by atoms with Crippen molar-refractivity contribution in [1.29, 1.82) is 0 Å². The summed E-state index contributed by atoms with van der Waals surface area (Å²) in [4.78, 5) is 4.70. The molecule has 2 rings (SSSR count). The molecule has 0 spiro atoms. The van der Waals surface area contributed by atoms with Crippen LogP contribution in [0, 0.1) is 0 Å². The number of rotatable bonds is 7. The molecule has 0 aliphatic rings. The van der Waals surface area contributed by atoms with E-state index in [0.29, 0.717) is 0 Å². The molecule has 0 bridgehead atoms. The average molecular weight is 277 g/mol. The lowest BCUT2D eigenvalue weighted by molar-refractivity contribution is 0.139. The van der Waals surface area contributed by atoms with Crippen molar-refractivity contribution in [2.45, 2.75) is 33.7 Å². The number of ether oxygens (including phenoxy) is 1. The molecule has 2 aromatic rings. The predicted octanol–water partition coefficient (Wildman–Crippen LogP) is 2.86. The Kier molecular flexibility index (Phi) is 7.92. The Morgan fingerprint density at radius 2 is 2.00 bits per heavy atom. The lowest BCUT2D eigenvalue weighted by Gasteiger charge is -2.09. The summed E-state index contributed by atoms with van der Waals surface area (Å²) in [5.41, 5.74) is 2.27. The molecule has 0 aliphatic heterocycles. The molecule has 0 aliphatic carbocycles. The summed E-state index contributed by atoms with van der Waals surface area (Å²) in [6.07, 6.45) is 0.942. The van der Waals surface area contributed by atoms with Gasteiger partial charge >= 0.3 is 0 Å². The maximum absolute atomic E-state index is 5.45. The number of nitrogens with one attached hydrogen (secondary N) is 1. The average Bonchev–Trinajstić information content (AvgIpc) is 2.85. The van der Waals surface area contributed by atoms with Crippen LogP contribution in [0.2, 0.25) is 0 Å². The van der Waals surface area contributed by atoms with Gasteiger partial charge in [-0.15, -0.1) is 0 Å². The maximum atomic E-state index is 5.45. The molecule has 0 radical (unpaired) electrons. The first-order valence-electron chi connectivity index (χ1n) is 7.53. The van der Waals surface area contributed by atoms with Gasteiger partial charge in [0.1, 0.15) is 5.82 Å². The smallest absolute Gasteiger partial charge is 0.111 e. The summed E-state index contributed by atoms with van der Waals surface area (Å²) in [6, 6.07) is 8.28. The third-order valence-corrected chi connectivity index (χ3v) is 3.00. The van der Waals surface area contributed by atoms with Crippen LogP contribution in [0.15, 0.2) is 24.3 Å². The number of benzene rings is 1. The molecule has 1 aromatic carbocycles. The van der Waals surface area contributed by atoms with Crippen LogP contribution in [0.4, 0.5) is 0 Å². The van der Waals surface area contributed by atoms with Crippen LogP contribution in [0.5, 0.6) is 0 Å². The fourth-order valence-corrected chi connectivity index (χ4v) is 2.10. The molecule has 0 fully saturated rings. The third kappa shape index (κ3) is 4.32. The van der Waals surface area contributed by atoms with Crippen molar-refractivity contribution in [3.05, 3.63) is 30.1 Å². The van der Waals surface area contributed by atoms with Crippen LogP contribution in [-0.2, 0) is 17.7 Å². The van der Waals surface area contributed by atoms with Gasteiger partial charge < -0.3 is 14.6 Å². The fourth-order valence-electron chi connectivity index (χ4n) is 2.10. The van der Waals surface area contributed by atoms with Crippen molar-refractivity contribution in [2.24, 2.45) is 0 Å². The monoisotopic (exact) mass is 277 g/mol. The van der Waals surface area contributed by atoms with Crippen molar-refractivity contribution in [2.75, 3.05) is 26.8 Å². The summed E-state index contributed by atoms with van der Waals surface area (Å²) in [5.74, 6) is 1.13. The summed E-state index contributed by atoms with van der Waals surface area (Å²) >= 11 is 0. The second-order valence-corrected chi connectivity index (χ2v) is 4.22. The van der Waals surface area contributed by atoms with Gasteiger partial charge in [-0.1, -0.05) is 26.0 Å². The Balaban J connectivity index is 0.000000956. The Morgan fingerprint density at radius 1 is 1.25 bits per heavy atom. The van der Waals surface area contributed by atoms with Crippen LogP contribution in [-0.4, -0.2) is 36.4 Å². The number of imidazole rings is 1. The van der Waals surface area contributed by atoms with Gasteiger partial charge in [0, 0.05) is 26.1 Å². The van der Waals surface area contributed by atoms with Crippen molar-refractivity contribution in [3.63, 3.8) is 0 Å². The largest absolute Gasteiger partial charge is 0.380 e. The van der Waals surface area contributed by atoms with Crippen LogP contribution in [0.25, 0.3) is 11.0 Å². The van der Waals surface area contributed by atoms with Gasteiger partial charge in [0.2, 0.25) is 0 Å². The Hall–Kier alpha value is -1.39. The molecule has 20 heavy (non-hydrogen) atoms. The van der Waals surface area contributed by atoms with Crippen LogP contribution in [0.1, 0.15) is 26.6 Å². The zero-order chi connectivity index (χ0) is 14.8. The summed E-state index contributed by atoms with van der Waals surface area (Å²) in [7, 11) is 1.97. The second-order valence-electron chi connectivity index (χ2n) is 4.22. The van der Waals surface area contributed by atoms with Gasteiger partial charge in [0.25, 0.3) is 0 Å². The molecule has 0 saturated heterocycles.